The van der Waals surface area contributed by atoms with Gasteiger partial charge in [0.25, 0.3) is 0 Å². The number of rotatable bonds is 9. The molecule has 0 saturated carbocycles. The zero-order valence-corrected chi connectivity index (χ0v) is 17.0. The Morgan fingerprint density at radius 3 is 2.63 bits per heavy atom. The number of thioether (sulfide) groups is 1. The molecule has 1 aromatic carbocycles. The van der Waals surface area contributed by atoms with Gasteiger partial charge >= 0.3 is 0 Å². The third-order valence-electron chi connectivity index (χ3n) is 4.02. The number of Topliss-reactive ketones (excluding diaryl/α,β-unsaturated/α-hetero) is 1. The summed E-state index contributed by atoms with van der Waals surface area (Å²) in [5.41, 5.74) is 2.21. The van der Waals surface area contributed by atoms with Gasteiger partial charge in [0, 0.05) is 13.0 Å². The topological polar surface area (TPSA) is 81.2 Å². The Hall–Kier alpha value is -2.41. The van der Waals surface area contributed by atoms with Gasteiger partial charge in [0.2, 0.25) is 5.91 Å². The predicted octanol–water partition coefficient (Wildman–Crippen LogP) is 3.01. The fraction of sp³-hybridized carbons (Fsp3) is 0.400. The van der Waals surface area contributed by atoms with Crippen LogP contribution < -0.4 is 10.1 Å². The van der Waals surface area contributed by atoms with E-state index in [9.17, 15) is 9.59 Å². The molecule has 0 atom stereocenters. The monoisotopic (exact) mass is 387 g/mol. The van der Waals surface area contributed by atoms with Crippen LogP contribution in [0.4, 0.5) is 0 Å². The van der Waals surface area contributed by atoms with Crippen molar-refractivity contribution in [1.29, 1.82) is 0 Å². The van der Waals surface area contributed by atoms with Gasteiger partial charge in [-0.25, -0.2) is 9.97 Å². The Morgan fingerprint density at radius 1 is 1.22 bits per heavy atom. The molecule has 0 aliphatic rings. The third kappa shape index (κ3) is 5.79. The molecule has 0 bridgehead atoms. The molecule has 2 rings (SSSR count). The molecule has 0 aliphatic carbocycles. The molecule has 2 aromatic rings. The van der Waals surface area contributed by atoms with E-state index in [4.69, 9.17) is 4.74 Å². The maximum atomic E-state index is 12.2. The maximum absolute atomic E-state index is 12.2. The van der Waals surface area contributed by atoms with E-state index in [2.05, 4.69) is 15.3 Å². The Balaban J connectivity index is 1.94. The number of aryl methyl sites for hydroxylation is 2. The van der Waals surface area contributed by atoms with Gasteiger partial charge in [0.15, 0.2) is 5.78 Å². The van der Waals surface area contributed by atoms with Crippen LogP contribution in [0.3, 0.4) is 0 Å². The van der Waals surface area contributed by atoms with Crippen LogP contribution in [0.25, 0.3) is 0 Å². The third-order valence-corrected chi connectivity index (χ3v) is 5.00. The first-order valence-corrected chi connectivity index (χ1v) is 9.84. The largest absolute Gasteiger partial charge is 0.496 e. The van der Waals surface area contributed by atoms with E-state index in [0.29, 0.717) is 41.5 Å². The lowest BCUT2D eigenvalue weighted by atomic mass is 10.1. The number of hydrogen-bond donors (Lipinski definition) is 1. The molecule has 6 nitrogen and oxygen atoms in total. The number of carbonyl (C=O) groups is 2. The van der Waals surface area contributed by atoms with Crippen molar-refractivity contribution in [2.45, 2.75) is 38.6 Å². The van der Waals surface area contributed by atoms with Crippen LogP contribution in [0.1, 0.15) is 41.3 Å². The van der Waals surface area contributed by atoms with Gasteiger partial charge in [-0.1, -0.05) is 36.9 Å². The summed E-state index contributed by atoms with van der Waals surface area (Å²) in [6, 6.07) is 7.74. The Bertz CT molecular complexity index is 824. The highest BCUT2D eigenvalue weighted by Crippen LogP contribution is 2.23. The molecule has 144 valence electrons. The highest BCUT2D eigenvalue weighted by molar-refractivity contribution is 8.00. The Labute approximate surface area is 164 Å². The van der Waals surface area contributed by atoms with E-state index in [1.54, 1.807) is 14.0 Å². The molecule has 1 N–H and O–H groups in total. The Morgan fingerprint density at radius 2 is 1.96 bits per heavy atom. The number of nitrogens with one attached hydrogen (secondary N) is 1. The molecule has 0 spiro atoms. The summed E-state index contributed by atoms with van der Waals surface area (Å²) in [6.45, 7) is 5.77. The quantitative estimate of drug-likeness (QED) is 0.405. The van der Waals surface area contributed by atoms with Crippen LogP contribution in [-0.2, 0) is 17.6 Å². The number of methoxy groups -OCH3 is 1. The smallest absolute Gasteiger partial charge is 0.230 e. The second kappa shape index (κ2) is 10.1. The van der Waals surface area contributed by atoms with Crippen LogP contribution in [0.2, 0.25) is 0 Å². The normalized spacial score (nSPS) is 10.5. The number of nitrogens with zero attached hydrogens (tertiary/aromatic N) is 2. The number of benzene rings is 1. The van der Waals surface area contributed by atoms with Gasteiger partial charge in [-0.2, -0.15) is 0 Å². The van der Waals surface area contributed by atoms with Gasteiger partial charge in [-0.3, -0.25) is 9.59 Å². The van der Waals surface area contributed by atoms with E-state index in [0.717, 1.165) is 11.3 Å². The number of para-hydroxylation sites is 1. The van der Waals surface area contributed by atoms with Crippen molar-refractivity contribution in [1.82, 2.24) is 15.3 Å². The number of ketones is 1. The van der Waals surface area contributed by atoms with E-state index >= 15 is 0 Å². The summed E-state index contributed by atoms with van der Waals surface area (Å²) in [5.74, 6) is 1.51. The first kappa shape index (κ1) is 20.9. The molecule has 0 radical (unpaired) electrons. The standard InChI is InChI=1S/C20H25N3O3S/c1-5-17-22-13(2)19(14(3)24)20(23-17)27-12-18(25)21-11-10-15-8-6-7-9-16(15)26-4/h6-9H,5,10-12H2,1-4H3,(H,21,25). The van der Waals surface area contributed by atoms with Gasteiger partial charge in [-0.15, -0.1) is 0 Å². The summed E-state index contributed by atoms with van der Waals surface area (Å²) in [5, 5.41) is 3.48. The average Bonchev–Trinajstić information content (AvgIpc) is 2.65. The minimum Gasteiger partial charge on any atom is -0.496 e. The van der Waals surface area contributed by atoms with Gasteiger partial charge in [-0.05, 0) is 31.9 Å². The van der Waals surface area contributed by atoms with Gasteiger partial charge < -0.3 is 10.1 Å². The fourth-order valence-electron chi connectivity index (χ4n) is 2.70. The molecular weight excluding hydrogens is 362 g/mol. The number of ether oxygens (including phenoxy) is 1. The first-order valence-electron chi connectivity index (χ1n) is 8.86. The number of aromatic nitrogens is 2. The molecule has 1 heterocycles. The van der Waals surface area contributed by atoms with E-state index < -0.39 is 0 Å². The lowest BCUT2D eigenvalue weighted by molar-refractivity contribution is -0.118. The van der Waals surface area contributed by atoms with Crippen LogP contribution in [-0.4, -0.2) is 41.1 Å². The molecule has 0 aliphatic heterocycles. The van der Waals surface area contributed by atoms with Crippen LogP contribution in [0.5, 0.6) is 5.75 Å². The van der Waals surface area contributed by atoms with Gasteiger partial charge in [0.05, 0.1) is 24.1 Å². The van der Waals surface area contributed by atoms with Crippen molar-refractivity contribution in [2.75, 3.05) is 19.4 Å². The maximum Gasteiger partial charge on any atom is 0.230 e. The minimum atomic E-state index is -0.0984. The van der Waals surface area contributed by atoms with E-state index in [-0.39, 0.29) is 17.4 Å². The van der Waals surface area contributed by atoms with Crippen molar-refractivity contribution in [3.8, 4) is 5.75 Å². The van der Waals surface area contributed by atoms with Crippen LogP contribution in [0, 0.1) is 6.92 Å². The summed E-state index contributed by atoms with van der Waals surface area (Å²) in [6.07, 6.45) is 1.36. The summed E-state index contributed by atoms with van der Waals surface area (Å²) >= 11 is 1.27. The number of hydrogen-bond acceptors (Lipinski definition) is 6. The van der Waals surface area contributed by atoms with Crippen molar-refractivity contribution in [2.24, 2.45) is 0 Å². The van der Waals surface area contributed by atoms with E-state index in [1.165, 1.54) is 18.7 Å². The Kier molecular flexibility index (Phi) is 7.79. The molecule has 1 amide bonds. The second-order valence-electron chi connectivity index (χ2n) is 6.02. The zero-order chi connectivity index (χ0) is 19.8. The van der Waals surface area contributed by atoms with Crippen LogP contribution >= 0.6 is 11.8 Å². The lowest BCUT2D eigenvalue weighted by Crippen LogP contribution is -2.27. The summed E-state index contributed by atoms with van der Waals surface area (Å²) in [7, 11) is 1.63. The highest BCUT2D eigenvalue weighted by Gasteiger charge is 2.16. The average molecular weight is 388 g/mol. The molecule has 0 unspecified atom stereocenters. The predicted molar refractivity (Wildman–Crippen MR) is 107 cm³/mol. The van der Waals surface area contributed by atoms with Crippen molar-refractivity contribution < 1.29 is 14.3 Å². The van der Waals surface area contributed by atoms with Gasteiger partial charge in [0.1, 0.15) is 16.6 Å². The number of amides is 1. The molecule has 0 fully saturated rings. The molecular formula is C20H25N3O3S. The van der Waals surface area contributed by atoms with Crippen LogP contribution in [0.15, 0.2) is 29.3 Å². The zero-order valence-electron chi connectivity index (χ0n) is 16.2. The van der Waals surface area contributed by atoms with Crippen molar-refractivity contribution in [3.63, 3.8) is 0 Å². The SMILES string of the molecule is CCc1nc(C)c(C(C)=O)c(SCC(=O)NCCc2ccccc2OC)n1. The molecule has 1 aromatic heterocycles. The first-order chi connectivity index (χ1) is 13.0. The minimum absolute atomic E-state index is 0.0887. The molecule has 0 saturated heterocycles. The fourth-order valence-corrected chi connectivity index (χ4v) is 3.68. The summed E-state index contributed by atoms with van der Waals surface area (Å²) < 4.78 is 5.31. The molecule has 7 heteroatoms. The lowest BCUT2D eigenvalue weighted by Gasteiger charge is -2.11. The van der Waals surface area contributed by atoms with Crippen molar-refractivity contribution in [3.05, 3.63) is 46.9 Å². The van der Waals surface area contributed by atoms with Crippen molar-refractivity contribution >= 4 is 23.5 Å². The molecule has 27 heavy (non-hydrogen) atoms. The highest BCUT2D eigenvalue weighted by atomic mass is 32.2. The summed E-state index contributed by atoms with van der Waals surface area (Å²) in [4.78, 5) is 32.9. The second-order valence-corrected chi connectivity index (χ2v) is 6.98. The number of carbonyl (C=O) groups excluding carboxylic acids is 2. The van der Waals surface area contributed by atoms with E-state index in [1.807, 2.05) is 31.2 Å².